The fourth-order valence-electron chi connectivity index (χ4n) is 5.83. The normalized spacial score (nSPS) is 26.4. The summed E-state index contributed by atoms with van der Waals surface area (Å²) < 4.78 is 11.4. The Kier molecular flexibility index (Phi) is 5.81. The average molecular weight is 455 g/mol. The molecule has 0 saturated heterocycles. The fourth-order valence-corrected chi connectivity index (χ4v) is 6.03. The van der Waals surface area contributed by atoms with Crippen molar-refractivity contribution < 1.29 is 14.3 Å². The molecule has 1 saturated carbocycles. The van der Waals surface area contributed by atoms with E-state index in [1.165, 1.54) is 31.1 Å². The Bertz CT molecular complexity index is 1020. The predicted molar refractivity (Wildman–Crippen MR) is 127 cm³/mol. The second-order valence-corrected chi connectivity index (χ2v) is 10.0. The van der Waals surface area contributed by atoms with Crippen LogP contribution in [0.2, 0.25) is 5.02 Å². The third-order valence-corrected chi connectivity index (χ3v) is 8.03. The van der Waals surface area contributed by atoms with Crippen LogP contribution in [0.15, 0.2) is 36.4 Å². The molecule has 6 heteroatoms. The molecule has 5 nitrogen and oxygen atoms in total. The first-order valence-corrected chi connectivity index (χ1v) is 12.0. The highest BCUT2D eigenvalue weighted by Crippen LogP contribution is 2.46. The molecule has 2 aromatic carbocycles. The lowest BCUT2D eigenvalue weighted by molar-refractivity contribution is 0.0600. The lowest BCUT2D eigenvalue weighted by Crippen LogP contribution is -2.49. The highest BCUT2D eigenvalue weighted by Gasteiger charge is 2.43. The standard InChI is InChI=1S/C26H31ClN2O3/c1-31-25(30)18-6-9-24-23(12-18)29(14-20-5-4-19(20)13-28)15-26(16-32-24)10-2-3-17-11-21(27)7-8-22(17)26/h6-9,11-12,19-20H,2-5,10,13-16,28H2,1H3/t19-,20-,26?/m0/s1. The molecule has 5 rings (SSSR count). The largest absolute Gasteiger partial charge is 0.490 e. The van der Waals surface area contributed by atoms with Crippen molar-refractivity contribution in [3.05, 3.63) is 58.1 Å². The number of rotatable bonds is 4. The lowest BCUT2D eigenvalue weighted by atomic mass is 9.69. The van der Waals surface area contributed by atoms with E-state index < -0.39 is 0 Å². The van der Waals surface area contributed by atoms with Gasteiger partial charge in [0.05, 0.1) is 25.0 Å². The van der Waals surface area contributed by atoms with E-state index in [4.69, 9.17) is 26.8 Å². The summed E-state index contributed by atoms with van der Waals surface area (Å²) >= 11 is 6.33. The first-order chi connectivity index (χ1) is 15.5. The van der Waals surface area contributed by atoms with Gasteiger partial charge in [0.1, 0.15) is 5.75 Å². The predicted octanol–water partition coefficient (Wildman–Crippen LogP) is 4.58. The summed E-state index contributed by atoms with van der Waals surface area (Å²) in [5, 5.41) is 0.790. The molecule has 1 heterocycles. The van der Waals surface area contributed by atoms with Gasteiger partial charge in [0.25, 0.3) is 0 Å². The number of methoxy groups -OCH3 is 1. The van der Waals surface area contributed by atoms with Crippen LogP contribution in [0, 0.1) is 11.8 Å². The molecule has 170 valence electrons. The van der Waals surface area contributed by atoms with Gasteiger partial charge < -0.3 is 20.1 Å². The van der Waals surface area contributed by atoms with Crippen LogP contribution in [0.1, 0.15) is 47.2 Å². The molecule has 2 N–H and O–H groups in total. The molecule has 3 atom stereocenters. The third-order valence-electron chi connectivity index (χ3n) is 7.79. The van der Waals surface area contributed by atoms with Crippen LogP contribution >= 0.6 is 11.6 Å². The van der Waals surface area contributed by atoms with E-state index in [9.17, 15) is 4.79 Å². The molecule has 0 radical (unpaired) electrons. The van der Waals surface area contributed by atoms with Gasteiger partial charge in [0.15, 0.2) is 0 Å². The summed E-state index contributed by atoms with van der Waals surface area (Å²) in [5.74, 6) is 1.64. The van der Waals surface area contributed by atoms with Gasteiger partial charge in [-0.1, -0.05) is 17.7 Å². The van der Waals surface area contributed by atoms with Gasteiger partial charge in [0.2, 0.25) is 0 Å². The number of hydrogen-bond acceptors (Lipinski definition) is 5. The van der Waals surface area contributed by atoms with Crippen molar-refractivity contribution in [3.8, 4) is 5.75 Å². The number of carbonyl (C=O) groups excluding carboxylic acids is 1. The molecule has 1 unspecified atom stereocenters. The third kappa shape index (κ3) is 3.75. The van der Waals surface area contributed by atoms with Crippen molar-refractivity contribution >= 4 is 23.3 Å². The smallest absolute Gasteiger partial charge is 0.337 e. The molecule has 0 bridgehead atoms. The molecule has 1 fully saturated rings. The van der Waals surface area contributed by atoms with Crippen molar-refractivity contribution in [2.45, 2.75) is 37.5 Å². The molecule has 32 heavy (non-hydrogen) atoms. The van der Waals surface area contributed by atoms with Gasteiger partial charge in [-0.25, -0.2) is 4.79 Å². The zero-order chi connectivity index (χ0) is 22.3. The summed E-state index contributed by atoms with van der Waals surface area (Å²) in [5.41, 5.74) is 10.1. The van der Waals surface area contributed by atoms with E-state index in [1.54, 1.807) is 6.07 Å². The van der Waals surface area contributed by atoms with E-state index in [0.29, 0.717) is 24.0 Å². The number of carbonyl (C=O) groups is 1. The van der Waals surface area contributed by atoms with Gasteiger partial charge >= 0.3 is 5.97 Å². The van der Waals surface area contributed by atoms with Gasteiger partial charge in [-0.3, -0.25) is 0 Å². The number of nitrogens with two attached hydrogens (primary N) is 1. The monoisotopic (exact) mass is 454 g/mol. The minimum atomic E-state index is -0.326. The summed E-state index contributed by atoms with van der Waals surface area (Å²) in [6, 6.07) is 12.0. The number of benzene rings is 2. The fraction of sp³-hybridized carbons (Fsp3) is 0.500. The van der Waals surface area contributed by atoms with Crippen LogP contribution in [0.3, 0.4) is 0 Å². The van der Waals surface area contributed by atoms with Crippen molar-refractivity contribution in [1.82, 2.24) is 0 Å². The van der Waals surface area contributed by atoms with Gasteiger partial charge in [0, 0.05) is 23.5 Å². The zero-order valence-corrected chi connectivity index (χ0v) is 19.4. The average Bonchev–Trinajstić information content (AvgIpc) is 2.93. The van der Waals surface area contributed by atoms with Crippen LogP contribution in [0.4, 0.5) is 5.69 Å². The maximum absolute atomic E-state index is 12.3. The Labute approximate surface area is 194 Å². The van der Waals surface area contributed by atoms with E-state index in [2.05, 4.69) is 17.0 Å². The molecule has 2 aromatic rings. The van der Waals surface area contributed by atoms with Gasteiger partial charge in [-0.2, -0.15) is 0 Å². The summed E-state index contributed by atoms with van der Waals surface area (Å²) in [6.45, 7) is 3.13. The van der Waals surface area contributed by atoms with E-state index in [-0.39, 0.29) is 11.4 Å². The maximum Gasteiger partial charge on any atom is 0.337 e. The first-order valence-electron chi connectivity index (χ1n) is 11.6. The van der Waals surface area contributed by atoms with E-state index in [0.717, 1.165) is 55.4 Å². The summed E-state index contributed by atoms with van der Waals surface area (Å²) in [7, 11) is 1.42. The summed E-state index contributed by atoms with van der Waals surface area (Å²) in [6.07, 6.45) is 5.64. The highest BCUT2D eigenvalue weighted by molar-refractivity contribution is 6.30. The number of hydrogen-bond donors (Lipinski definition) is 1. The molecule has 2 aliphatic carbocycles. The van der Waals surface area contributed by atoms with Crippen LogP contribution < -0.4 is 15.4 Å². The number of nitrogens with zero attached hydrogens (tertiary/aromatic N) is 1. The van der Waals surface area contributed by atoms with Crippen LogP contribution in [-0.2, 0) is 16.6 Å². The first kappa shape index (κ1) is 21.6. The van der Waals surface area contributed by atoms with Crippen LogP contribution in [-0.4, -0.2) is 39.3 Å². The molecule has 0 amide bonds. The van der Waals surface area contributed by atoms with Crippen molar-refractivity contribution in [2.75, 3.05) is 38.3 Å². The number of halogens is 1. The summed E-state index contributed by atoms with van der Waals surface area (Å²) in [4.78, 5) is 14.7. The Morgan fingerprint density at radius 3 is 2.84 bits per heavy atom. The Morgan fingerprint density at radius 2 is 2.09 bits per heavy atom. The molecular weight excluding hydrogens is 424 g/mol. The maximum atomic E-state index is 12.3. The number of fused-ring (bicyclic) bond motifs is 3. The van der Waals surface area contributed by atoms with Crippen LogP contribution in [0.25, 0.3) is 0 Å². The van der Waals surface area contributed by atoms with Crippen molar-refractivity contribution in [3.63, 3.8) is 0 Å². The lowest BCUT2D eigenvalue weighted by Gasteiger charge is -2.44. The Balaban J connectivity index is 1.56. The second-order valence-electron chi connectivity index (χ2n) is 9.61. The quantitative estimate of drug-likeness (QED) is 0.685. The second kappa shape index (κ2) is 8.60. The number of aryl methyl sites for hydroxylation is 1. The molecular formula is C26H31ClN2O3. The number of anilines is 1. The Hall–Kier alpha value is -2.24. The van der Waals surface area contributed by atoms with E-state index >= 15 is 0 Å². The van der Waals surface area contributed by atoms with Gasteiger partial charge in [-0.15, -0.1) is 0 Å². The number of ether oxygens (including phenoxy) is 2. The van der Waals surface area contributed by atoms with Crippen molar-refractivity contribution in [2.24, 2.45) is 17.6 Å². The molecule has 3 aliphatic rings. The topological polar surface area (TPSA) is 64.8 Å². The SMILES string of the molecule is COC(=O)c1ccc2c(c1)N(C[C@@H]1CC[C@H]1CN)CC1(CCCc3cc(Cl)ccc31)CO2. The van der Waals surface area contributed by atoms with E-state index in [1.807, 2.05) is 18.2 Å². The van der Waals surface area contributed by atoms with Gasteiger partial charge in [-0.05, 0) is 91.9 Å². The minimum absolute atomic E-state index is 0.107. The molecule has 1 aliphatic heterocycles. The molecule has 0 aromatic heterocycles. The Morgan fingerprint density at radius 1 is 1.25 bits per heavy atom. The minimum Gasteiger partial charge on any atom is -0.490 e. The zero-order valence-electron chi connectivity index (χ0n) is 18.6. The van der Waals surface area contributed by atoms with Crippen LogP contribution in [0.5, 0.6) is 5.75 Å². The highest BCUT2D eigenvalue weighted by atomic mass is 35.5. The van der Waals surface area contributed by atoms with Crippen molar-refractivity contribution in [1.29, 1.82) is 0 Å². The number of esters is 1. The molecule has 1 spiro atoms.